The molecule has 0 radical (unpaired) electrons. The maximum absolute atomic E-state index is 12.8. The standard InChI is InChI=1S/C23H30N2O3S/c1-15-4-6-19(7-5-15)24-23-11-10-21(29(27,28)20-8-9-20)14-22(23)18-12-16(2)25(26)17(3)13-18/h10-15,19-20,24H,4-9H2,1-3H3/t15-,19-. The third-order valence-corrected chi connectivity index (χ3v) is 8.60. The highest BCUT2D eigenvalue weighted by Crippen LogP contribution is 2.38. The Balaban J connectivity index is 1.76. The Kier molecular flexibility index (Phi) is 5.32. The fourth-order valence-corrected chi connectivity index (χ4v) is 5.98. The van der Waals surface area contributed by atoms with Crippen LogP contribution in [-0.4, -0.2) is 19.7 Å². The second-order valence-electron chi connectivity index (χ2n) is 8.87. The van der Waals surface area contributed by atoms with Crippen molar-refractivity contribution in [3.05, 3.63) is 46.9 Å². The first-order chi connectivity index (χ1) is 13.8. The van der Waals surface area contributed by atoms with Crippen molar-refractivity contribution < 1.29 is 13.1 Å². The summed E-state index contributed by atoms with van der Waals surface area (Å²) in [7, 11) is -3.28. The van der Waals surface area contributed by atoms with Crippen LogP contribution in [0.3, 0.4) is 0 Å². The highest BCUT2D eigenvalue weighted by atomic mass is 32.2. The molecule has 4 rings (SSSR count). The minimum absolute atomic E-state index is 0.239. The van der Waals surface area contributed by atoms with E-state index in [1.165, 1.54) is 12.8 Å². The summed E-state index contributed by atoms with van der Waals surface area (Å²) in [5.41, 5.74) is 3.89. The normalized spacial score (nSPS) is 22.4. The Hall–Kier alpha value is -2.08. The van der Waals surface area contributed by atoms with Crippen LogP contribution in [0.1, 0.15) is 56.8 Å². The lowest BCUT2D eigenvalue weighted by Crippen LogP contribution is -2.33. The third-order valence-electron chi connectivity index (χ3n) is 6.34. The summed E-state index contributed by atoms with van der Waals surface area (Å²) in [6.07, 6.45) is 6.16. The van der Waals surface area contributed by atoms with E-state index in [0.29, 0.717) is 22.3 Å². The molecule has 2 aliphatic carbocycles. The lowest BCUT2D eigenvalue weighted by Gasteiger charge is -2.29. The van der Waals surface area contributed by atoms with Gasteiger partial charge in [0.2, 0.25) is 0 Å². The van der Waals surface area contributed by atoms with Gasteiger partial charge in [0.1, 0.15) is 0 Å². The van der Waals surface area contributed by atoms with Crippen LogP contribution in [0.5, 0.6) is 0 Å². The van der Waals surface area contributed by atoms with E-state index in [4.69, 9.17) is 0 Å². The van der Waals surface area contributed by atoms with E-state index in [-0.39, 0.29) is 5.25 Å². The molecule has 6 heteroatoms. The summed E-state index contributed by atoms with van der Waals surface area (Å²) < 4.78 is 26.6. The molecule has 0 saturated heterocycles. The quantitative estimate of drug-likeness (QED) is 0.576. The van der Waals surface area contributed by atoms with Crippen molar-refractivity contribution in [2.24, 2.45) is 5.92 Å². The molecule has 0 aliphatic heterocycles. The van der Waals surface area contributed by atoms with Gasteiger partial charge in [-0.15, -0.1) is 0 Å². The van der Waals surface area contributed by atoms with E-state index in [9.17, 15) is 13.6 Å². The molecule has 2 saturated carbocycles. The van der Waals surface area contributed by atoms with Gasteiger partial charge in [0, 0.05) is 43.3 Å². The van der Waals surface area contributed by atoms with Gasteiger partial charge in [0.25, 0.3) is 0 Å². The number of sulfone groups is 1. The number of nitrogens with one attached hydrogen (secondary N) is 1. The second kappa shape index (κ2) is 7.63. The van der Waals surface area contributed by atoms with Gasteiger partial charge < -0.3 is 10.5 Å². The molecule has 156 valence electrons. The first kappa shape index (κ1) is 20.2. The largest absolute Gasteiger partial charge is 0.618 e. The fourth-order valence-electron chi connectivity index (χ4n) is 4.30. The number of benzene rings is 1. The number of hydrogen-bond acceptors (Lipinski definition) is 4. The van der Waals surface area contributed by atoms with E-state index in [1.54, 1.807) is 26.0 Å². The van der Waals surface area contributed by atoms with Crippen molar-refractivity contribution in [1.29, 1.82) is 0 Å². The second-order valence-corrected chi connectivity index (χ2v) is 11.1. The lowest BCUT2D eigenvalue weighted by atomic mass is 9.87. The number of rotatable bonds is 5. The molecule has 2 aromatic rings. The minimum Gasteiger partial charge on any atom is -0.618 e. The summed E-state index contributed by atoms with van der Waals surface area (Å²) in [6, 6.07) is 9.53. The molecule has 5 nitrogen and oxygen atoms in total. The van der Waals surface area contributed by atoms with Crippen LogP contribution in [0.2, 0.25) is 0 Å². The first-order valence-corrected chi connectivity index (χ1v) is 12.2. The summed E-state index contributed by atoms with van der Waals surface area (Å²) in [5, 5.41) is 15.5. The van der Waals surface area contributed by atoms with Crippen molar-refractivity contribution in [1.82, 2.24) is 0 Å². The van der Waals surface area contributed by atoms with Gasteiger partial charge in [-0.2, -0.15) is 4.73 Å². The molecule has 0 spiro atoms. The van der Waals surface area contributed by atoms with Crippen LogP contribution in [-0.2, 0) is 9.84 Å². The molecule has 29 heavy (non-hydrogen) atoms. The Morgan fingerprint density at radius 2 is 1.59 bits per heavy atom. The molecule has 1 aromatic carbocycles. The topological polar surface area (TPSA) is 73.1 Å². The zero-order chi connectivity index (χ0) is 20.8. The maximum Gasteiger partial charge on any atom is 0.190 e. The van der Waals surface area contributed by atoms with E-state index >= 15 is 0 Å². The first-order valence-electron chi connectivity index (χ1n) is 10.6. The minimum atomic E-state index is -3.28. The number of hydrogen-bond donors (Lipinski definition) is 1. The number of nitrogens with zero attached hydrogens (tertiary/aromatic N) is 1. The van der Waals surface area contributed by atoms with Gasteiger partial charge in [-0.05, 0) is 68.2 Å². The summed E-state index contributed by atoms with van der Waals surface area (Å²) in [6.45, 7) is 5.86. The molecule has 0 atom stereocenters. The van der Waals surface area contributed by atoms with Crippen molar-refractivity contribution in [2.45, 2.75) is 75.5 Å². The Morgan fingerprint density at radius 1 is 0.966 bits per heavy atom. The van der Waals surface area contributed by atoms with Crippen molar-refractivity contribution in [3.63, 3.8) is 0 Å². The Labute approximate surface area is 173 Å². The highest BCUT2D eigenvalue weighted by Gasteiger charge is 2.37. The monoisotopic (exact) mass is 414 g/mol. The van der Waals surface area contributed by atoms with Gasteiger partial charge in [-0.1, -0.05) is 6.92 Å². The van der Waals surface area contributed by atoms with E-state index in [1.807, 2.05) is 18.2 Å². The predicted octanol–water partition coefficient (Wildman–Crippen LogP) is 4.53. The highest BCUT2D eigenvalue weighted by molar-refractivity contribution is 7.92. The Morgan fingerprint density at radius 3 is 2.17 bits per heavy atom. The molecule has 0 amide bonds. The van der Waals surface area contributed by atoms with Gasteiger partial charge >= 0.3 is 0 Å². The summed E-state index contributed by atoms with van der Waals surface area (Å²) in [5.74, 6) is 0.769. The van der Waals surface area contributed by atoms with Crippen LogP contribution in [0.15, 0.2) is 35.2 Å². The Bertz CT molecular complexity index is 997. The smallest absolute Gasteiger partial charge is 0.190 e. The van der Waals surface area contributed by atoms with E-state index in [0.717, 1.165) is 53.1 Å². The molecule has 0 bridgehead atoms. The van der Waals surface area contributed by atoms with Crippen LogP contribution >= 0.6 is 0 Å². The molecule has 2 aliphatic rings. The average Bonchev–Trinajstić information content (AvgIpc) is 3.53. The van der Waals surface area contributed by atoms with Crippen LogP contribution in [0.25, 0.3) is 11.1 Å². The predicted molar refractivity (Wildman–Crippen MR) is 116 cm³/mol. The zero-order valence-electron chi connectivity index (χ0n) is 17.4. The van der Waals surface area contributed by atoms with Crippen LogP contribution < -0.4 is 10.0 Å². The van der Waals surface area contributed by atoms with Crippen molar-refractivity contribution >= 4 is 15.5 Å². The molecular weight excluding hydrogens is 384 g/mol. The molecule has 1 N–H and O–H groups in total. The number of anilines is 1. The molecule has 2 fully saturated rings. The lowest BCUT2D eigenvalue weighted by molar-refractivity contribution is -0.619. The molecule has 1 heterocycles. The number of aryl methyl sites for hydroxylation is 2. The van der Waals surface area contributed by atoms with Crippen LogP contribution in [0.4, 0.5) is 5.69 Å². The average molecular weight is 415 g/mol. The van der Waals surface area contributed by atoms with Crippen LogP contribution in [0, 0.1) is 25.0 Å². The molecule has 1 aromatic heterocycles. The maximum atomic E-state index is 12.8. The van der Waals surface area contributed by atoms with Crippen molar-refractivity contribution in [3.8, 4) is 11.1 Å². The number of pyridine rings is 1. The van der Waals surface area contributed by atoms with Gasteiger partial charge in [0.05, 0.1) is 10.1 Å². The van der Waals surface area contributed by atoms with Gasteiger partial charge in [-0.25, -0.2) is 8.42 Å². The molecule has 0 unspecified atom stereocenters. The molecular formula is C23H30N2O3S. The fraction of sp³-hybridized carbons (Fsp3) is 0.522. The van der Waals surface area contributed by atoms with Gasteiger partial charge in [-0.3, -0.25) is 0 Å². The third kappa shape index (κ3) is 4.13. The van der Waals surface area contributed by atoms with E-state index < -0.39 is 9.84 Å². The van der Waals surface area contributed by atoms with Crippen molar-refractivity contribution in [2.75, 3.05) is 5.32 Å². The van der Waals surface area contributed by atoms with E-state index in [2.05, 4.69) is 12.2 Å². The zero-order valence-corrected chi connectivity index (χ0v) is 18.3. The summed E-state index contributed by atoms with van der Waals surface area (Å²) in [4.78, 5) is 0.381. The van der Waals surface area contributed by atoms with Gasteiger partial charge in [0.15, 0.2) is 21.2 Å². The SMILES string of the molecule is Cc1cc(-c2cc(S(=O)(=O)C3CC3)ccc2N[C@H]2CC[C@H](C)CC2)cc(C)[n+]1[O-]. The number of aromatic nitrogens is 1. The summed E-state index contributed by atoms with van der Waals surface area (Å²) >= 11 is 0.